The second kappa shape index (κ2) is 3.90. The molecule has 3 rings (SSSR count). The lowest BCUT2D eigenvalue weighted by atomic mass is 10.0. The molecule has 17 heavy (non-hydrogen) atoms. The molecule has 2 unspecified atom stereocenters. The van der Waals surface area contributed by atoms with Crippen molar-refractivity contribution in [1.82, 2.24) is 0 Å². The van der Waals surface area contributed by atoms with Gasteiger partial charge in [-0.25, -0.2) is 8.78 Å². The number of halogens is 2. The lowest BCUT2D eigenvalue weighted by molar-refractivity contribution is 0.0952. The van der Waals surface area contributed by atoms with Gasteiger partial charge in [-0.3, -0.25) is 4.79 Å². The molecule has 2 atom stereocenters. The van der Waals surface area contributed by atoms with Crippen molar-refractivity contribution in [1.29, 1.82) is 0 Å². The van der Waals surface area contributed by atoms with Crippen LogP contribution in [0.15, 0.2) is 18.2 Å². The van der Waals surface area contributed by atoms with Crippen molar-refractivity contribution in [2.75, 3.05) is 0 Å². The summed E-state index contributed by atoms with van der Waals surface area (Å²) < 4.78 is 26.5. The number of rotatable bonds is 2. The largest absolute Gasteiger partial charge is 0.294 e. The molecular weight excluding hydrogens is 222 g/mol. The van der Waals surface area contributed by atoms with E-state index in [1.807, 2.05) is 0 Å². The standard InChI is InChI=1S/C14H14F2O/c15-8-5-6-12(16)11(7-8)14(17)13-9-3-1-2-4-10(9)13/h5-7,9-10,13H,1-4H2. The molecule has 1 aromatic rings. The highest BCUT2D eigenvalue weighted by molar-refractivity contribution is 6.00. The third-order valence-corrected chi connectivity index (χ3v) is 4.15. The maximum atomic E-state index is 13.5. The minimum absolute atomic E-state index is 0.0474. The van der Waals surface area contributed by atoms with Crippen LogP contribution in [0.3, 0.4) is 0 Å². The summed E-state index contributed by atoms with van der Waals surface area (Å²) in [5, 5.41) is 0. The van der Waals surface area contributed by atoms with Crippen molar-refractivity contribution in [3.63, 3.8) is 0 Å². The lowest BCUT2D eigenvalue weighted by Gasteiger charge is -2.04. The highest BCUT2D eigenvalue weighted by Crippen LogP contribution is 2.56. The molecule has 1 aromatic carbocycles. The number of benzene rings is 1. The van der Waals surface area contributed by atoms with E-state index in [1.165, 1.54) is 0 Å². The number of fused-ring (bicyclic) bond motifs is 1. The number of carbonyl (C=O) groups is 1. The van der Waals surface area contributed by atoms with Crippen LogP contribution < -0.4 is 0 Å². The van der Waals surface area contributed by atoms with E-state index in [4.69, 9.17) is 0 Å². The third kappa shape index (κ3) is 1.78. The summed E-state index contributed by atoms with van der Waals surface area (Å²) in [5.74, 6) is -0.524. The van der Waals surface area contributed by atoms with Crippen molar-refractivity contribution in [2.45, 2.75) is 25.7 Å². The van der Waals surface area contributed by atoms with E-state index in [-0.39, 0.29) is 17.3 Å². The zero-order chi connectivity index (χ0) is 12.0. The first-order valence-electron chi connectivity index (χ1n) is 6.18. The van der Waals surface area contributed by atoms with E-state index in [2.05, 4.69) is 0 Å². The summed E-state index contributed by atoms with van der Waals surface area (Å²) in [6, 6.07) is 3.11. The Morgan fingerprint density at radius 2 is 1.76 bits per heavy atom. The third-order valence-electron chi connectivity index (χ3n) is 4.15. The maximum Gasteiger partial charge on any atom is 0.169 e. The fourth-order valence-electron chi connectivity index (χ4n) is 3.25. The van der Waals surface area contributed by atoms with Gasteiger partial charge in [0.1, 0.15) is 11.6 Å². The molecule has 0 amide bonds. The molecule has 3 heteroatoms. The van der Waals surface area contributed by atoms with E-state index in [1.54, 1.807) is 0 Å². The summed E-state index contributed by atoms with van der Waals surface area (Å²) in [6.07, 6.45) is 4.46. The second-order valence-corrected chi connectivity index (χ2v) is 5.13. The van der Waals surface area contributed by atoms with Gasteiger partial charge < -0.3 is 0 Å². The molecule has 0 aromatic heterocycles. The molecular formula is C14H14F2O. The number of hydrogen-bond acceptors (Lipinski definition) is 1. The maximum absolute atomic E-state index is 13.5. The summed E-state index contributed by atoms with van der Waals surface area (Å²) in [4.78, 5) is 12.1. The van der Waals surface area contributed by atoms with E-state index < -0.39 is 11.6 Å². The van der Waals surface area contributed by atoms with Crippen LogP contribution in [-0.4, -0.2) is 5.78 Å². The molecule has 2 fully saturated rings. The number of carbonyl (C=O) groups excluding carboxylic acids is 1. The molecule has 0 radical (unpaired) electrons. The molecule has 2 saturated carbocycles. The van der Waals surface area contributed by atoms with Crippen molar-refractivity contribution < 1.29 is 13.6 Å². The summed E-state index contributed by atoms with van der Waals surface area (Å²) >= 11 is 0. The predicted octanol–water partition coefficient (Wildman–Crippen LogP) is 3.58. The predicted molar refractivity (Wildman–Crippen MR) is 59.6 cm³/mol. The minimum atomic E-state index is -0.597. The molecule has 0 spiro atoms. The lowest BCUT2D eigenvalue weighted by Crippen LogP contribution is -2.07. The van der Waals surface area contributed by atoms with Crippen molar-refractivity contribution in [3.05, 3.63) is 35.4 Å². The van der Waals surface area contributed by atoms with Gasteiger partial charge in [0.05, 0.1) is 5.56 Å². The summed E-state index contributed by atoms with van der Waals surface area (Å²) in [6.45, 7) is 0. The number of ketones is 1. The Balaban J connectivity index is 1.85. The van der Waals surface area contributed by atoms with Gasteiger partial charge in [-0.05, 0) is 42.9 Å². The molecule has 0 saturated heterocycles. The Morgan fingerprint density at radius 1 is 1.12 bits per heavy atom. The summed E-state index contributed by atoms with van der Waals surface area (Å²) in [7, 11) is 0. The van der Waals surface area contributed by atoms with Crippen LogP contribution in [-0.2, 0) is 0 Å². The molecule has 2 aliphatic rings. The van der Waals surface area contributed by atoms with Gasteiger partial charge in [0.15, 0.2) is 5.78 Å². The average molecular weight is 236 g/mol. The first kappa shape index (κ1) is 10.9. The SMILES string of the molecule is O=C(c1cc(F)ccc1F)C1C2CCCCC21. The van der Waals surface area contributed by atoms with Crippen LogP contribution in [0.5, 0.6) is 0 Å². The van der Waals surface area contributed by atoms with Crippen molar-refractivity contribution in [2.24, 2.45) is 17.8 Å². The Morgan fingerprint density at radius 3 is 2.41 bits per heavy atom. The molecule has 90 valence electrons. The second-order valence-electron chi connectivity index (χ2n) is 5.13. The van der Waals surface area contributed by atoms with E-state index in [9.17, 15) is 13.6 Å². The Kier molecular flexibility index (Phi) is 2.49. The van der Waals surface area contributed by atoms with Crippen LogP contribution in [0.4, 0.5) is 8.78 Å². The summed E-state index contributed by atoms with van der Waals surface area (Å²) in [5.41, 5.74) is -0.0654. The van der Waals surface area contributed by atoms with Gasteiger partial charge in [0.2, 0.25) is 0 Å². The topological polar surface area (TPSA) is 17.1 Å². The zero-order valence-electron chi connectivity index (χ0n) is 9.46. The number of hydrogen-bond donors (Lipinski definition) is 0. The quantitative estimate of drug-likeness (QED) is 0.717. The van der Waals surface area contributed by atoms with Gasteiger partial charge in [0.25, 0.3) is 0 Å². The van der Waals surface area contributed by atoms with Crippen LogP contribution in [0, 0.1) is 29.4 Å². The van der Waals surface area contributed by atoms with Crippen molar-refractivity contribution >= 4 is 5.78 Å². The Hall–Kier alpha value is -1.25. The van der Waals surface area contributed by atoms with Crippen molar-refractivity contribution in [3.8, 4) is 0 Å². The van der Waals surface area contributed by atoms with Crippen LogP contribution in [0.2, 0.25) is 0 Å². The minimum Gasteiger partial charge on any atom is -0.294 e. The number of Topliss-reactive ketones (excluding diaryl/α,β-unsaturated/α-hetero) is 1. The molecule has 2 aliphatic carbocycles. The van der Waals surface area contributed by atoms with Gasteiger partial charge in [-0.15, -0.1) is 0 Å². The highest BCUT2D eigenvalue weighted by Gasteiger charge is 2.54. The van der Waals surface area contributed by atoms with Crippen LogP contribution >= 0.6 is 0 Å². The van der Waals surface area contributed by atoms with E-state index in [0.717, 1.165) is 43.9 Å². The average Bonchev–Trinajstić information content (AvgIpc) is 3.05. The zero-order valence-corrected chi connectivity index (χ0v) is 9.46. The highest BCUT2D eigenvalue weighted by atomic mass is 19.1. The molecule has 1 nitrogen and oxygen atoms in total. The molecule has 0 heterocycles. The fraction of sp³-hybridized carbons (Fsp3) is 0.500. The van der Waals surface area contributed by atoms with Gasteiger partial charge in [-0.1, -0.05) is 12.8 Å². The Bertz CT molecular complexity index is 457. The van der Waals surface area contributed by atoms with Crippen LogP contribution in [0.1, 0.15) is 36.0 Å². The normalized spacial score (nSPS) is 30.8. The van der Waals surface area contributed by atoms with Crippen LogP contribution in [0.25, 0.3) is 0 Å². The monoisotopic (exact) mass is 236 g/mol. The molecule has 0 aliphatic heterocycles. The fourth-order valence-corrected chi connectivity index (χ4v) is 3.25. The molecule has 0 N–H and O–H groups in total. The Labute approximate surface area is 98.8 Å². The van der Waals surface area contributed by atoms with Gasteiger partial charge in [-0.2, -0.15) is 0 Å². The van der Waals surface area contributed by atoms with E-state index >= 15 is 0 Å². The van der Waals surface area contributed by atoms with E-state index in [0.29, 0.717) is 11.8 Å². The first-order chi connectivity index (χ1) is 8.18. The smallest absolute Gasteiger partial charge is 0.169 e. The first-order valence-corrected chi connectivity index (χ1v) is 6.18. The van der Waals surface area contributed by atoms with Gasteiger partial charge >= 0.3 is 0 Å². The van der Waals surface area contributed by atoms with Gasteiger partial charge in [0, 0.05) is 5.92 Å². The molecule has 0 bridgehead atoms.